The smallest absolute Gasteiger partial charge is 0.252 e. The summed E-state index contributed by atoms with van der Waals surface area (Å²) in [5.41, 5.74) is 14.1. The van der Waals surface area contributed by atoms with Crippen molar-refractivity contribution in [3.63, 3.8) is 0 Å². The number of nitrogens with two attached hydrogens (primary N) is 2. The quantitative estimate of drug-likeness (QED) is 0.860. The van der Waals surface area contributed by atoms with E-state index >= 15 is 0 Å². The van der Waals surface area contributed by atoms with E-state index in [1.165, 1.54) is 5.56 Å². The molecule has 5 nitrogen and oxygen atoms in total. The maximum Gasteiger partial charge on any atom is 0.252 e. The van der Waals surface area contributed by atoms with Crippen LogP contribution in [0.5, 0.6) is 0 Å². The summed E-state index contributed by atoms with van der Waals surface area (Å²) in [5.74, 6) is 0.271. The molecule has 1 aliphatic rings. The number of nitrogens with zero attached hydrogens (tertiary/aromatic N) is 2. The molecule has 1 aromatic rings. The molecule has 4 N–H and O–H groups in total. The van der Waals surface area contributed by atoms with E-state index in [1.54, 1.807) is 0 Å². The van der Waals surface area contributed by atoms with Crippen LogP contribution in [0.4, 0.5) is 5.82 Å². The second-order valence-electron chi connectivity index (χ2n) is 6.76. The highest BCUT2D eigenvalue weighted by molar-refractivity contribution is 5.98. The molecule has 21 heavy (non-hydrogen) atoms. The molecule has 0 atom stereocenters. The number of amides is 1. The van der Waals surface area contributed by atoms with Gasteiger partial charge in [-0.1, -0.05) is 13.8 Å². The van der Waals surface area contributed by atoms with Crippen molar-refractivity contribution in [1.29, 1.82) is 0 Å². The highest BCUT2D eigenvalue weighted by atomic mass is 16.1. The third kappa shape index (κ3) is 3.53. The van der Waals surface area contributed by atoms with Crippen LogP contribution >= 0.6 is 0 Å². The third-order valence-electron chi connectivity index (χ3n) is 4.13. The Labute approximate surface area is 126 Å². The Bertz CT molecular complexity index is 539. The number of aromatic nitrogens is 1. The first kappa shape index (κ1) is 15.8. The first-order chi connectivity index (χ1) is 9.84. The molecule has 0 bridgehead atoms. The van der Waals surface area contributed by atoms with Gasteiger partial charge < -0.3 is 16.4 Å². The lowest BCUT2D eigenvalue weighted by Crippen LogP contribution is -2.38. The largest absolute Gasteiger partial charge is 0.365 e. The molecule has 1 aromatic heterocycles. The molecule has 0 saturated heterocycles. The van der Waals surface area contributed by atoms with Gasteiger partial charge in [-0.2, -0.15) is 0 Å². The Morgan fingerprint density at radius 2 is 2.05 bits per heavy atom. The summed E-state index contributed by atoms with van der Waals surface area (Å²) in [7, 11) is 1.95. The van der Waals surface area contributed by atoms with Crippen LogP contribution in [0.15, 0.2) is 6.07 Å². The van der Waals surface area contributed by atoms with Crippen LogP contribution < -0.4 is 16.4 Å². The van der Waals surface area contributed by atoms with Crippen molar-refractivity contribution < 1.29 is 4.79 Å². The van der Waals surface area contributed by atoms with E-state index in [-0.39, 0.29) is 5.41 Å². The molecule has 116 valence electrons. The number of aryl methyl sites for hydroxylation is 2. The SMILES string of the molecule is CN(CC(C)(C)CN)c1nc2c(cc1C(N)=O)CCCC2. The highest BCUT2D eigenvalue weighted by Crippen LogP contribution is 2.27. The summed E-state index contributed by atoms with van der Waals surface area (Å²) >= 11 is 0. The van der Waals surface area contributed by atoms with Gasteiger partial charge in [0, 0.05) is 19.3 Å². The Morgan fingerprint density at radius 1 is 1.38 bits per heavy atom. The first-order valence-electron chi connectivity index (χ1n) is 7.58. The fraction of sp³-hybridized carbons (Fsp3) is 0.625. The lowest BCUT2D eigenvalue weighted by molar-refractivity contribution is 0.1000. The zero-order chi connectivity index (χ0) is 15.6. The van der Waals surface area contributed by atoms with Crippen LogP contribution in [-0.2, 0) is 12.8 Å². The first-order valence-corrected chi connectivity index (χ1v) is 7.58. The molecule has 0 spiro atoms. The van der Waals surface area contributed by atoms with Gasteiger partial charge in [-0.05, 0) is 49.3 Å². The fourth-order valence-electron chi connectivity index (χ4n) is 2.88. The number of fused-ring (bicyclic) bond motifs is 1. The minimum Gasteiger partial charge on any atom is -0.365 e. The van der Waals surface area contributed by atoms with Gasteiger partial charge >= 0.3 is 0 Å². The Hall–Kier alpha value is -1.62. The van der Waals surface area contributed by atoms with E-state index in [0.717, 1.165) is 37.9 Å². The van der Waals surface area contributed by atoms with Gasteiger partial charge in [0.25, 0.3) is 5.91 Å². The molecule has 0 radical (unpaired) electrons. The zero-order valence-corrected chi connectivity index (χ0v) is 13.3. The third-order valence-corrected chi connectivity index (χ3v) is 4.13. The Morgan fingerprint density at radius 3 is 2.67 bits per heavy atom. The molecule has 1 aliphatic carbocycles. The molecular formula is C16H26N4O. The van der Waals surface area contributed by atoms with Gasteiger partial charge in [-0.15, -0.1) is 0 Å². The van der Waals surface area contributed by atoms with Gasteiger partial charge in [-0.25, -0.2) is 4.98 Å². The molecule has 0 aromatic carbocycles. The summed E-state index contributed by atoms with van der Waals surface area (Å²) in [6.07, 6.45) is 4.28. The number of hydrogen-bond acceptors (Lipinski definition) is 4. The molecule has 0 fully saturated rings. The molecular weight excluding hydrogens is 264 g/mol. The molecule has 0 saturated carbocycles. The van der Waals surface area contributed by atoms with Crippen LogP contribution in [-0.4, -0.2) is 31.0 Å². The maximum atomic E-state index is 11.8. The van der Waals surface area contributed by atoms with Crippen molar-refractivity contribution in [3.8, 4) is 0 Å². The molecule has 5 heteroatoms. The number of carbonyl (C=O) groups is 1. The summed E-state index contributed by atoms with van der Waals surface area (Å²) in [5, 5.41) is 0. The van der Waals surface area contributed by atoms with Crippen LogP contribution in [0.25, 0.3) is 0 Å². The fourth-order valence-corrected chi connectivity index (χ4v) is 2.88. The molecule has 0 unspecified atom stereocenters. The van der Waals surface area contributed by atoms with E-state index < -0.39 is 5.91 Å². The molecule has 1 heterocycles. The monoisotopic (exact) mass is 290 g/mol. The molecule has 1 amide bonds. The number of carbonyl (C=O) groups excluding carboxylic acids is 1. The maximum absolute atomic E-state index is 11.8. The van der Waals surface area contributed by atoms with Crippen LogP contribution in [0, 0.1) is 5.41 Å². The Balaban J connectivity index is 2.39. The van der Waals surface area contributed by atoms with E-state index in [0.29, 0.717) is 17.9 Å². The van der Waals surface area contributed by atoms with Crippen LogP contribution in [0.3, 0.4) is 0 Å². The Kier molecular flexibility index (Phi) is 4.52. The number of hydrogen-bond donors (Lipinski definition) is 2. The second kappa shape index (κ2) is 6.02. The number of pyridine rings is 1. The predicted molar refractivity (Wildman–Crippen MR) is 85.5 cm³/mol. The van der Waals surface area contributed by atoms with Crippen molar-refractivity contribution in [1.82, 2.24) is 4.98 Å². The van der Waals surface area contributed by atoms with Gasteiger partial charge in [0.1, 0.15) is 5.82 Å². The van der Waals surface area contributed by atoms with Crippen molar-refractivity contribution in [2.24, 2.45) is 16.9 Å². The molecule has 2 rings (SSSR count). The van der Waals surface area contributed by atoms with Crippen LogP contribution in [0.1, 0.15) is 48.3 Å². The van der Waals surface area contributed by atoms with Crippen molar-refractivity contribution in [3.05, 3.63) is 22.9 Å². The topological polar surface area (TPSA) is 85.2 Å². The van der Waals surface area contributed by atoms with E-state index in [4.69, 9.17) is 16.5 Å². The van der Waals surface area contributed by atoms with Gasteiger partial charge in [0.2, 0.25) is 0 Å². The van der Waals surface area contributed by atoms with Crippen molar-refractivity contribution >= 4 is 11.7 Å². The van der Waals surface area contributed by atoms with Crippen LogP contribution in [0.2, 0.25) is 0 Å². The normalized spacial score (nSPS) is 14.7. The van der Waals surface area contributed by atoms with E-state index in [2.05, 4.69) is 13.8 Å². The summed E-state index contributed by atoms with van der Waals surface area (Å²) in [4.78, 5) is 18.5. The van der Waals surface area contributed by atoms with E-state index in [1.807, 2.05) is 18.0 Å². The minimum absolute atomic E-state index is 0.0404. The van der Waals surface area contributed by atoms with Gasteiger partial charge in [-0.3, -0.25) is 4.79 Å². The van der Waals surface area contributed by atoms with Crippen molar-refractivity contribution in [2.75, 3.05) is 25.0 Å². The van der Waals surface area contributed by atoms with Crippen molar-refractivity contribution in [2.45, 2.75) is 39.5 Å². The predicted octanol–water partition coefficient (Wildman–Crippen LogP) is 1.48. The minimum atomic E-state index is -0.414. The van der Waals surface area contributed by atoms with Gasteiger partial charge in [0.05, 0.1) is 5.56 Å². The zero-order valence-electron chi connectivity index (χ0n) is 13.3. The lowest BCUT2D eigenvalue weighted by Gasteiger charge is -2.31. The number of anilines is 1. The average molecular weight is 290 g/mol. The number of rotatable bonds is 5. The summed E-state index contributed by atoms with van der Waals surface area (Å²) < 4.78 is 0. The summed E-state index contributed by atoms with van der Waals surface area (Å²) in [6.45, 7) is 5.52. The average Bonchev–Trinajstić information content (AvgIpc) is 2.45. The lowest BCUT2D eigenvalue weighted by atomic mass is 9.92. The van der Waals surface area contributed by atoms with E-state index in [9.17, 15) is 4.79 Å². The summed E-state index contributed by atoms with van der Waals surface area (Å²) in [6, 6.07) is 1.94. The molecule has 0 aliphatic heterocycles. The van der Waals surface area contributed by atoms with Gasteiger partial charge in [0.15, 0.2) is 0 Å². The standard InChI is InChI=1S/C16H26N4O/c1-16(2,9-17)10-20(3)15-12(14(18)21)8-11-6-4-5-7-13(11)19-15/h8H,4-7,9-10,17H2,1-3H3,(H2,18,21). The number of primary amides is 1. The second-order valence-corrected chi connectivity index (χ2v) is 6.76. The highest BCUT2D eigenvalue weighted by Gasteiger charge is 2.24.